The Morgan fingerprint density at radius 3 is 2.87 bits per heavy atom. The number of aliphatic hydroxyl groups is 1. The lowest BCUT2D eigenvalue weighted by atomic mass is 9.99. The second-order valence-electron chi connectivity index (χ2n) is 7.62. The van der Waals surface area contributed by atoms with Crippen molar-refractivity contribution in [1.29, 1.82) is 0 Å². The number of nitrogens with one attached hydrogen (secondary N) is 1. The molecule has 164 valence electrons. The summed E-state index contributed by atoms with van der Waals surface area (Å²) in [6.07, 6.45) is 0.327. The van der Waals surface area contributed by atoms with Crippen molar-refractivity contribution in [1.82, 2.24) is 19.7 Å². The maximum Gasteiger partial charge on any atom is 0.433 e. The van der Waals surface area contributed by atoms with Crippen LogP contribution in [-0.2, 0) is 17.5 Å². The average molecular weight is 433 g/mol. The first-order chi connectivity index (χ1) is 14.8. The SMILES string of the molecule is Cc1cc(Nc2nccc(C(F)(F)F)n2)cc(-c2cnn(CC3COCCC3O)c2)c1. The third-order valence-corrected chi connectivity index (χ3v) is 5.10. The Kier molecular flexibility index (Phi) is 5.92. The van der Waals surface area contributed by atoms with E-state index in [9.17, 15) is 18.3 Å². The second kappa shape index (κ2) is 8.64. The number of aromatic nitrogens is 4. The predicted molar refractivity (Wildman–Crippen MR) is 108 cm³/mol. The number of aliphatic hydroxyl groups excluding tert-OH is 1. The molecule has 1 aliphatic heterocycles. The van der Waals surface area contributed by atoms with Crippen molar-refractivity contribution in [2.45, 2.75) is 32.2 Å². The minimum absolute atomic E-state index is 0.0192. The van der Waals surface area contributed by atoms with E-state index in [4.69, 9.17) is 4.74 Å². The van der Waals surface area contributed by atoms with Gasteiger partial charge in [0.1, 0.15) is 5.69 Å². The lowest BCUT2D eigenvalue weighted by Crippen LogP contribution is -2.34. The third-order valence-electron chi connectivity index (χ3n) is 5.10. The van der Waals surface area contributed by atoms with Gasteiger partial charge in [0.2, 0.25) is 5.95 Å². The van der Waals surface area contributed by atoms with Gasteiger partial charge in [0.15, 0.2) is 0 Å². The second-order valence-corrected chi connectivity index (χ2v) is 7.62. The van der Waals surface area contributed by atoms with Crippen LogP contribution >= 0.6 is 0 Å². The van der Waals surface area contributed by atoms with Gasteiger partial charge in [-0.05, 0) is 42.7 Å². The van der Waals surface area contributed by atoms with E-state index in [1.807, 2.05) is 19.2 Å². The van der Waals surface area contributed by atoms with E-state index >= 15 is 0 Å². The summed E-state index contributed by atoms with van der Waals surface area (Å²) < 4.78 is 45.9. The Balaban J connectivity index is 1.53. The summed E-state index contributed by atoms with van der Waals surface area (Å²) in [6.45, 7) is 3.49. The summed E-state index contributed by atoms with van der Waals surface area (Å²) in [5.41, 5.74) is 2.17. The molecular weight excluding hydrogens is 411 g/mol. The highest BCUT2D eigenvalue weighted by Crippen LogP contribution is 2.29. The molecular formula is C21H22F3N5O2. The molecule has 0 saturated carbocycles. The number of benzene rings is 1. The zero-order valence-electron chi connectivity index (χ0n) is 16.8. The molecule has 4 rings (SSSR count). The van der Waals surface area contributed by atoms with Crippen molar-refractivity contribution in [3.63, 3.8) is 0 Å². The molecule has 3 heterocycles. The van der Waals surface area contributed by atoms with Gasteiger partial charge < -0.3 is 15.2 Å². The molecule has 1 aromatic carbocycles. The van der Waals surface area contributed by atoms with Crippen LogP contribution in [0.1, 0.15) is 17.7 Å². The van der Waals surface area contributed by atoms with Crippen molar-refractivity contribution in [2.75, 3.05) is 18.5 Å². The molecule has 0 bridgehead atoms. The molecule has 0 aliphatic carbocycles. The minimum atomic E-state index is -4.54. The number of hydrogen-bond donors (Lipinski definition) is 2. The van der Waals surface area contributed by atoms with Gasteiger partial charge in [-0.1, -0.05) is 6.07 Å². The zero-order chi connectivity index (χ0) is 22.0. The largest absolute Gasteiger partial charge is 0.433 e. The molecule has 31 heavy (non-hydrogen) atoms. The summed E-state index contributed by atoms with van der Waals surface area (Å²) in [5, 5.41) is 17.4. The van der Waals surface area contributed by atoms with E-state index in [2.05, 4.69) is 20.4 Å². The van der Waals surface area contributed by atoms with Crippen LogP contribution in [-0.4, -0.2) is 44.2 Å². The average Bonchev–Trinajstić information content (AvgIpc) is 3.18. The molecule has 3 aromatic rings. The Hall–Kier alpha value is -2.98. The zero-order valence-corrected chi connectivity index (χ0v) is 16.8. The smallest absolute Gasteiger partial charge is 0.393 e. The number of anilines is 2. The molecule has 2 unspecified atom stereocenters. The first-order valence-corrected chi connectivity index (χ1v) is 9.85. The van der Waals surface area contributed by atoms with Crippen LogP contribution in [0.3, 0.4) is 0 Å². The van der Waals surface area contributed by atoms with Crippen LogP contribution < -0.4 is 5.32 Å². The molecule has 0 amide bonds. The number of nitrogens with zero attached hydrogens (tertiary/aromatic N) is 4. The van der Waals surface area contributed by atoms with E-state index in [0.29, 0.717) is 31.9 Å². The molecule has 1 fully saturated rings. The van der Waals surface area contributed by atoms with E-state index in [-0.39, 0.29) is 11.9 Å². The van der Waals surface area contributed by atoms with Gasteiger partial charge in [-0.15, -0.1) is 0 Å². The molecule has 2 N–H and O–H groups in total. The van der Waals surface area contributed by atoms with Gasteiger partial charge in [-0.25, -0.2) is 9.97 Å². The van der Waals surface area contributed by atoms with Crippen molar-refractivity contribution in [3.8, 4) is 11.1 Å². The van der Waals surface area contributed by atoms with Crippen molar-refractivity contribution >= 4 is 11.6 Å². The Morgan fingerprint density at radius 1 is 1.26 bits per heavy atom. The Morgan fingerprint density at radius 2 is 2.10 bits per heavy atom. The number of aryl methyl sites for hydroxylation is 1. The fourth-order valence-corrected chi connectivity index (χ4v) is 3.54. The molecule has 0 radical (unpaired) electrons. The normalized spacial score (nSPS) is 19.4. The summed E-state index contributed by atoms with van der Waals surface area (Å²) in [4.78, 5) is 7.43. The van der Waals surface area contributed by atoms with Gasteiger partial charge >= 0.3 is 6.18 Å². The van der Waals surface area contributed by atoms with Crippen LogP contribution in [0.4, 0.5) is 24.8 Å². The van der Waals surface area contributed by atoms with Gasteiger partial charge in [0, 0.05) is 42.7 Å². The number of alkyl halides is 3. The summed E-state index contributed by atoms with van der Waals surface area (Å²) in [6, 6.07) is 6.39. The maximum absolute atomic E-state index is 12.9. The van der Waals surface area contributed by atoms with E-state index in [1.54, 1.807) is 23.0 Å². The molecule has 2 aromatic heterocycles. The highest BCUT2D eigenvalue weighted by atomic mass is 19.4. The first-order valence-electron chi connectivity index (χ1n) is 9.85. The Bertz CT molecular complexity index is 1050. The first kappa shape index (κ1) is 21.3. The highest BCUT2D eigenvalue weighted by molar-refractivity contribution is 5.70. The lowest BCUT2D eigenvalue weighted by Gasteiger charge is -2.27. The number of rotatable bonds is 5. The maximum atomic E-state index is 12.9. The van der Waals surface area contributed by atoms with Gasteiger partial charge in [-0.2, -0.15) is 18.3 Å². The molecule has 1 aliphatic rings. The fourth-order valence-electron chi connectivity index (χ4n) is 3.54. The Labute approximate surface area is 176 Å². The molecule has 10 heteroatoms. The van der Waals surface area contributed by atoms with Crippen LogP contribution in [0.2, 0.25) is 0 Å². The molecule has 0 spiro atoms. The predicted octanol–water partition coefficient (Wildman–Crippen LogP) is 3.81. The van der Waals surface area contributed by atoms with Gasteiger partial charge in [0.05, 0.1) is 18.9 Å². The third kappa shape index (κ3) is 5.20. The van der Waals surface area contributed by atoms with E-state index in [0.717, 1.165) is 29.0 Å². The summed E-state index contributed by atoms with van der Waals surface area (Å²) in [7, 11) is 0. The summed E-state index contributed by atoms with van der Waals surface area (Å²) in [5.74, 6) is -0.150. The van der Waals surface area contributed by atoms with E-state index in [1.165, 1.54) is 0 Å². The lowest BCUT2D eigenvalue weighted by molar-refractivity contribution is -0.141. The topological polar surface area (TPSA) is 85.1 Å². The van der Waals surface area contributed by atoms with Gasteiger partial charge in [-0.3, -0.25) is 4.68 Å². The van der Waals surface area contributed by atoms with Crippen LogP contribution in [0.25, 0.3) is 11.1 Å². The van der Waals surface area contributed by atoms with Crippen LogP contribution in [0, 0.1) is 12.8 Å². The van der Waals surface area contributed by atoms with Crippen LogP contribution in [0.15, 0.2) is 42.9 Å². The minimum Gasteiger partial charge on any atom is -0.393 e. The van der Waals surface area contributed by atoms with Crippen molar-refractivity contribution < 1.29 is 23.0 Å². The van der Waals surface area contributed by atoms with Crippen molar-refractivity contribution in [2.24, 2.45) is 5.92 Å². The number of hydrogen-bond acceptors (Lipinski definition) is 6. The monoisotopic (exact) mass is 433 g/mol. The number of halogens is 3. The quantitative estimate of drug-likeness (QED) is 0.637. The standard InChI is InChI=1S/C21H22F3N5O2/c1-13-6-14(15-9-26-29(10-15)11-16-12-31-5-3-18(16)30)8-17(7-13)27-20-25-4-2-19(28-20)21(22,23)24/h2,4,6-10,16,18,30H,3,5,11-12H2,1H3,(H,25,27,28). The van der Waals surface area contributed by atoms with E-state index < -0.39 is 18.0 Å². The summed E-state index contributed by atoms with van der Waals surface area (Å²) >= 11 is 0. The molecule has 1 saturated heterocycles. The number of ether oxygens (including phenoxy) is 1. The van der Waals surface area contributed by atoms with Crippen molar-refractivity contribution in [3.05, 3.63) is 54.1 Å². The molecule has 2 atom stereocenters. The highest BCUT2D eigenvalue weighted by Gasteiger charge is 2.32. The molecule has 7 nitrogen and oxygen atoms in total. The van der Waals surface area contributed by atoms with Crippen LogP contribution in [0.5, 0.6) is 0 Å². The fraction of sp³-hybridized carbons (Fsp3) is 0.381. The van der Waals surface area contributed by atoms with Gasteiger partial charge in [0.25, 0.3) is 0 Å².